The molecule has 0 aromatic heterocycles. The van der Waals surface area contributed by atoms with Crippen molar-refractivity contribution in [2.75, 3.05) is 5.73 Å². The topological polar surface area (TPSA) is 55.1 Å². The largest absolute Gasteiger partial charge is 0.399 e. The van der Waals surface area contributed by atoms with Crippen molar-refractivity contribution in [3.05, 3.63) is 64.7 Å². The summed E-state index contributed by atoms with van der Waals surface area (Å²) in [6, 6.07) is 13.6. The molecule has 0 fully saturated rings. The van der Waals surface area contributed by atoms with E-state index >= 15 is 0 Å². The summed E-state index contributed by atoms with van der Waals surface area (Å²) in [5.41, 5.74) is 10.6. The lowest BCUT2D eigenvalue weighted by Crippen LogP contribution is -2.34. The number of rotatable bonds is 4. The number of carbonyl (C=O) groups is 1. The van der Waals surface area contributed by atoms with Crippen LogP contribution < -0.4 is 11.1 Å². The molecule has 3 nitrogen and oxygen atoms in total. The van der Waals surface area contributed by atoms with Crippen molar-refractivity contribution in [1.82, 2.24) is 5.32 Å². The summed E-state index contributed by atoms with van der Waals surface area (Å²) in [5.74, 6) is -0.0841. The Morgan fingerprint density at radius 1 is 1.14 bits per heavy atom. The fraction of sp³-hybridized carbons (Fsp3) is 0.278. The van der Waals surface area contributed by atoms with E-state index < -0.39 is 0 Å². The number of hydrogen-bond donors (Lipinski definition) is 2. The number of nitrogens with one attached hydrogen (secondary N) is 1. The van der Waals surface area contributed by atoms with E-state index in [2.05, 4.69) is 37.4 Å². The second kappa shape index (κ2) is 6.44. The molecular formula is C18H22N2O. The van der Waals surface area contributed by atoms with Gasteiger partial charge < -0.3 is 11.1 Å². The van der Waals surface area contributed by atoms with E-state index in [0.29, 0.717) is 11.3 Å². The van der Waals surface area contributed by atoms with Gasteiger partial charge in [-0.05, 0) is 51.0 Å². The van der Waals surface area contributed by atoms with E-state index in [1.54, 1.807) is 24.3 Å². The lowest BCUT2D eigenvalue weighted by molar-refractivity contribution is 0.0940. The number of amides is 1. The van der Waals surface area contributed by atoms with Crippen LogP contribution in [-0.4, -0.2) is 11.9 Å². The van der Waals surface area contributed by atoms with Gasteiger partial charge in [-0.1, -0.05) is 35.4 Å². The SMILES string of the molecule is Cc1cc(C)cc(CC(C)NC(=O)c2cccc(N)c2)c1. The van der Waals surface area contributed by atoms with Gasteiger partial charge in [0, 0.05) is 17.3 Å². The zero-order valence-corrected chi connectivity index (χ0v) is 12.8. The van der Waals surface area contributed by atoms with E-state index in [1.165, 1.54) is 16.7 Å². The molecule has 0 aliphatic rings. The van der Waals surface area contributed by atoms with Gasteiger partial charge in [-0.3, -0.25) is 4.79 Å². The maximum Gasteiger partial charge on any atom is 0.251 e. The fourth-order valence-electron chi connectivity index (χ4n) is 2.58. The monoisotopic (exact) mass is 282 g/mol. The average Bonchev–Trinajstić information content (AvgIpc) is 2.37. The Morgan fingerprint density at radius 3 is 2.43 bits per heavy atom. The maximum absolute atomic E-state index is 12.2. The molecule has 0 bridgehead atoms. The van der Waals surface area contributed by atoms with Gasteiger partial charge in [0.25, 0.3) is 5.91 Å². The van der Waals surface area contributed by atoms with Crippen LogP contribution in [0.4, 0.5) is 5.69 Å². The number of anilines is 1. The number of nitrogens with two attached hydrogens (primary N) is 1. The summed E-state index contributed by atoms with van der Waals surface area (Å²) in [6.45, 7) is 6.20. The van der Waals surface area contributed by atoms with Crippen LogP contribution in [0.25, 0.3) is 0 Å². The quantitative estimate of drug-likeness (QED) is 0.846. The lowest BCUT2D eigenvalue weighted by Gasteiger charge is -2.15. The van der Waals surface area contributed by atoms with E-state index in [-0.39, 0.29) is 11.9 Å². The van der Waals surface area contributed by atoms with Crippen molar-refractivity contribution in [2.45, 2.75) is 33.2 Å². The van der Waals surface area contributed by atoms with Crippen LogP contribution in [0.3, 0.4) is 0 Å². The van der Waals surface area contributed by atoms with Gasteiger partial charge in [-0.25, -0.2) is 0 Å². The van der Waals surface area contributed by atoms with Crippen LogP contribution in [-0.2, 0) is 6.42 Å². The highest BCUT2D eigenvalue weighted by Crippen LogP contribution is 2.12. The summed E-state index contributed by atoms with van der Waals surface area (Å²) in [7, 11) is 0. The van der Waals surface area contributed by atoms with Gasteiger partial charge in [-0.2, -0.15) is 0 Å². The van der Waals surface area contributed by atoms with Crippen molar-refractivity contribution in [3.8, 4) is 0 Å². The summed E-state index contributed by atoms with van der Waals surface area (Å²) < 4.78 is 0. The Morgan fingerprint density at radius 2 is 1.81 bits per heavy atom. The number of carbonyl (C=O) groups excluding carboxylic acids is 1. The van der Waals surface area contributed by atoms with Crippen LogP contribution in [0.1, 0.15) is 34.0 Å². The first kappa shape index (κ1) is 15.1. The third kappa shape index (κ3) is 4.35. The Kier molecular flexibility index (Phi) is 4.63. The molecule has 0 aliphatic carbocycles. The predicted molar refractivity (Wildman–Crippen MR) is 87.4 cm³/mol. The molecule has 21 heavy (non-hydrogen) atoms. The van der Waals surface area contributed by atoms with Crippen molar-refractivity contribution in [2.24, 2.45) is 0 Å². The minimum Gasteiger partial charge on any atom is -0.399 e. The second-order valence-corrected chi connectivity index (χ2v) is 5.70. The Hall–Kier alpha value is -2.29. The summed E-state index contributed by atoms with van der Waals surface area (Å²) >= 11 is 0. The van der Waals surface area contributed by atoms with Gasteiger partial charge in [0.15, 0.2) is 0 Å². The predicted octanol–water partition coefficient (Wildman–Crippen LogP) is 3.25. The van der Waals surface area contributed by atoms with Gasteiger partial charge in [0.1, 0.15) is 0 Å². The molecule has 1 atom stereocenters. The smallest absolute Gasteiger partial charge is 0.251 e. The summed E-state index contributed by atoms with van der Waals surface area (Å²) in [4.78, 5) is 12.2. The molecule has 1 amide bonds. The molecule has 0 radical (unpaired) electrons. The van der Waals surface area contributed by atoms with Gasteiger partial charge in [0.05, 0.1) is 0 Å². The number of nitrogen functional groups attached to an aromatic ring is 1. The molecule has 3 N–H and O–H groups in total. The van der Waals surface area contributed by atoms with E-state index in [1.807, 2.05) is 6.92 Å². The molecule has 2 rings (SSSR count). The van der Waals surface area contributed by atoms with Crippen molar-refractivity contribution >= 4 is 11.6 Å². The van der Waals surface area contributed by atoms with Gasteiger partial charge in [-0.15, -0.1) is 0 Å². The molecule has 0 saturated carbocycles. The first-order chi connectivity index (χ1) is 9.94. The summed E-state index contributed by atoms with van der Waals surface area (Å²) in [6.07, 6.45) is 0.816. The van der Waals surface area contributed by atoms with E-state index in [0.717, 1.165) is 6.42 Å². The highest BCUT2D eigenvalue weighted by Gasteiger charge is 2.11. The first-order valence-corrected chi connectivity index (χ1v) is 7.17. The highest BCUT2D eigenvalue weighted by molar-refractivity contribution is 5.95. The van der Waals surface area contributed by atoms with Crippen molar-refractivity contribution < 1.29 is 4.79 Å². The van der Waals surface area contributed by atoms with E-state index in [4.69, 9.17) is 5.73 Å². The fourth-order valence-corrected chi connectivity index (χ4v) is 2.58. The standard InChI is InChI=1S/C18H22N2O/c1-12-7-13(2)9-15(8-12)10-14(3)20-18(21)16-5-4-6-17(19)11-16/h4-9,11,14H,10,19H2,1-3H3,(H,20,21). The molecule has 3 heteroatoms. The zero-order valence-electron chi connectivity index (χ0n) is 12.8. The molecule has 2 aromatic carbocycles. The van der Waals surface area contributed by atoms with Gasteiger partial charge in [0.2, 0.25) is 0 Å². The third-order valence-electron chi connectivity index (χ3n) is 3.35. The molecule has 0 saturated heterocycles. The highest BCUT2D eigenvalue weighted by atomic mass is 16.1. The Labute approximate surface area is 126 Å². The van der Waals surface area contributed by atoms with Crippen molar-refractivity contribution in [1.29, 1.82) is 0 Å². The second-order valence-electron chi connectivity index (χ2n) is 5.70. The molecule has 110 valence electrons. The Balaban J connectivity index is 2.01. The van der Waals surface area contributed by atoms with Crippen LogP contribution in [0.2, 0.25) is 0 Å². The normalized spacial score (nSPS) is 12.0. The molecule has 0 spiro atoms. The van der Waals surface area contributed by atoms with Crippen molar-refractivity contribution in [3.63, 3.8) is 0 Å². The number of benzene rings is 2. The van der Waals surface area contributed by atoms with Gasteiger partial charge >= 0.3 is 0 Å². The Bertz CT molecular complexity index is 629. The molecule has 2 aromatic rings. The van der Waals surface area contributed by atoms with Crippen LogP contribution >= 0.6 is 0 Å². The molecular weight excluding hydrogens is 260 g/mol. The lowest BCUT2D eigenvalue weighted by atomic mass is 10.0. The third-order valence-corrected chi connectivity index (χ3v) is 3.35. The molecule has 0 aliphatic heterocycles. The average molecular weight is 282 g/mol. The number of aryl methyl sites for hydroxylation is 2. The van der Waals surface area contributed by atoms with Crippen LogP contribution in [0, 0.1) is 13.8 Å². The number of hydrogen-bond acceptors (Lipinski definition) is 2. The molecule has 1 unspecified atom stereocenters. The van der Waals surface area contributed by atoms with Crippen LogP contribution in [0.5, 0.6) is 0 Å². The molecule has 0 heterocycles. The minimum absolute atomic E-state index is 0.0696. The zero-order chi connectivity index (χ0) is 15.4. The summed E-state index contributed by atoms with van der Waals surface area (Å²) in [5, 5.41) is 3.02. The van der Waals surface area contributed by atoms with Crippen LogP contribution in [0.15, 0.2) is 42.5 Å². The minimum atomic E-state index is -0.0841. The first-order valence-electron chi connectivity index (χ1n) is 7.17. The van der Waals surface area contributed by atoms with E-state index in [9.17, 15) is 4.79 Å². The maximum atomic E-state index is 12.2.